The van der Waals surface area contributed by atoms with E-state index < -0.39 is 27.0 Å². The first-order valence-electron chi connectivity index (χ1n) is 9.51. The van der Waals surface area contributed by atoms with E-state index in [1.165, 1.54) is 30.3 Å². The summed E-state index contributed by atoms with van der Waals surface area (Å²) in [6, 6.07) is 13.6. The second-order valence-electron chi connectivity index (χ2n) is 7.62. The van der Waals surface area contributed by atoms with Crippen LogP contribution < -0.4 is 25.5 Å². The van der Waals surface area contributed by atoms with Gasteiger partial charge in [0.05, 0.1) is 10.6 Å². The van der Waals surface area contributed by atoms with Gasteiger partial charge in [0.2, 0.25) is 16.8 Å². The minimum absolute atomic E-state index is 0.0796. The first kappa shape index (κ1) is 21.5. The Morgan fingerprint density at radius 2 is 1.75 bits per heavy atom. The number of fused-ring (bicyclic) bond motifs is 1. The summed E-state index contributed by atoms with van der Waals surface area (Å²) in [5.41, 5.74) is -0.309. The first-order valence-corrected chi connectivity index (χ1v) is 11.1. The Morgan fingerprint density at radius 3 is 2.44 bits per heavy atom. The van der Waals surface area contributed by atoms with Crippen molar-refractivity contribution >= 4 is 21.6 Å². The highest BCUT2D eigenvalue weighted by molar-refractivity contribution is 7.89. The Kier molecular flexibility index (Phi) is 5.23. The minimum Gasteiger partial charge on any atom is -0.454 e. The van der Waals surface area contributed by atoms with Crippen LogP contribution in [0.4, 0.5) is 5.69 Å². The number of anilines is 1. The van der Waals surface area contributed by atoms with Crippen molar-refractivity contribution in [1.29, 1.82) is 0 Å². The molecule has 0 radical (unpaired) electrons. The molecule has 166 valence electrons. The third-order valence-electron chi connectivity index (χ3n) is 4.99. The largest absolute Gasteiger partial charge is 0.454 e. The maximum Gasteiger partial charge on any atom is 0.267 e. The molecule has 0 spiro atoms. The fraction of sp³-hybridized carbons (Fsp3) is 0.190. The highest BCUT2D eigenvalue weighted by Crippen LogP contribution is 2.35. The van der Waals surface area contributed by atoms with Crippen molar-refractivity contribution in [2.45, 2.75) is 24.3 Å². The van der Waals surface area contributed by atoms with Crippen LogP contribution in [0.2, 0.25) is 0 Å². The van der Waals surface area contributed by atoms with Gasteiger partial charge in [-0.15, -0.1) is 0 Å². The molecule has 0 saturated carbocycles. The normalized spacial score (nSPS) is 13.1. The summed E-state index contributed by atoms with van der Waals surface area (Å²) in [7, 11) is -3.85. The maximum absolute atomic E-state index is 13.0. The molecule has 3 N–H and O–H groups in total. The van der Waals surface area contributed by atoms with Gasteiger partial charge in [0.25, 0.3) is 11.5 Å². The SMILES string of the molecule is CC(C)(C(=O)Nc1ccc(S(N)(=O)=O)cc1)n1nc(-c2ccc3c(c2)OCO3)ccc1=O. The van der Waals surface area contributed by atoms with Crippen LogP contribution in [0, 0.1) is 0 Å². The molecule has 2 heterocycles. The molecular formula is C21H20N4O6S. The van der Waals surface area contributed by atoms with E-state index in [0.29, 0.717) is 28.4 Å². The van der Waals surface area contributed by atoms with Crippen molar-refractivity contribution in [2.75, 3.05) is 12.1 Å². The van der Waals surface area contributed by atoms with Gasteiger partial charge in [-0.1, -0.05) is 0 Å². The zero-order valence-corrected chi connectivity index (χ0v) is 18.0. The van der Waals surface area contributed by atoms with Crippen LogP contribution in [-0.2, 0) is 20.4 Å². The lowest BCUT2D eigenvalue weighted by atomic mass is 10.0. The number of benzene rings is 2. The molecule has 1 amide bonds. The summed E-state index contributed by atoms with van der Waals surface area (Å²) in [4.78, 5) is 25.4. The molecule has 11 heteroatoms. The van der Waals surface area contributed by atoms with Crippen LogP contribution >= 0.6 is 0 Å². The number of rotatable bonds is 5. The molecule has 0 aliphatic carbocycles. The minimum atomic E-state index is -3.85. The zero-order chi connectivity index (χ0) is 23.1. The van der Waals surface area contributed by atoms with Gasteiger partial charge in [0, 0.05) is 17.3 Å². The van der Waals surface area contributed by atoms with Crippen molar-refractivity contribution in [2.24, 2.45) is 5.14 Å². The number of sulfonamides is 1. The van der Waals surface area contributed by atoms with Crippen LogP contribution in [0.25, 0.3) is 11.3 Å². The molecule has 10 nitrogen and oxygen atoms in total. The van der Waals surface area contributed by atoms with Crippen molar-refractivity contribution in [3.8, 4) is 22.8 Å². The third kappa shape index (κ3) is 4.07. The van der Waals surface area contributed by atoms with E-state index in [1.54, 1.807) is 38.1 Å². The lowest BCUT2D eigenvalue weighted by Crippen LogP contribution is -2.47. The lowest BCUT2D eigenvalue weighted by Gasteiger charge is -2.25. The molecule has 0 atom stereocenters. The predicted octanol–water partition coefficient (Wildman–Crippen LogP) is 1.66. The van der Waals surface area contributed by atoms with Crippen LogP contribution in [-0.4, -0.2) is 30.9 Å². The number of nitrogens with one attached hydrogen (secondary N) is 1. The number of aromatic nitrogens is 2. The quantitative estimate of drug-likeness (QED) is 0.594. The van der Waals surface area contributed by atoms with Gasteiger partial charge in [-0.25, -0.2) is 18.2 Å². The maximum atomic E-state index is 13.0. The van der Waals surface area contributed by atoms with Crippen LogP contribution in [0.5, 0.6) is 11.5 Å². The van der Waals surface area contributed by atoms with Gasteiger partial charge >= 0.3 is 0 Å². The molecular weight excluding hydrogens is 436 g/mol. The van der Waals surface area contributed by atoms with E-state index in [1.807, 2.05) is 0 Å². The van der Waals surface area contributed by atoms with E-state index in [2.05, 4.69) is 10.4 Å². The van der Waals surface area contributed by atoms with Gasteiger partial charge in [0.1, 0.15) is 5.54 Å². The fourth-order valence-corrected chi connectivity index (χ4v) is 3.65. The van der Waals surface area contributed by atoms with Crippen LogP contribution in [0.15, 0.2) is 64.3 Å². The molecule has 0 fully saturated rings. The number of nitrogens with zero attached hydrogens (tertiary/aromatic N) is 2. The van der Waals surface area contributed by atoms with Gasteiger partial charge in [0.15, 0.2) is 11.5 Å². The molecule has 32 heavy (non-hydrogen) atoms. The van der Waals surface area contributed by atoms with Gasteiger partial charge < -0.3 is 14.8 Å². The Labute approximate surface area is 183 Å². The van der Waals surface area contributed by atoms with Crippen molar-refractivity contribution < 1.29 is 22.7 Å². The monoisotopic (exact) mass is 456 g/mol. The summed E-state index contributed by atoms with van der Waals surface area (Å²) in [6.45, 7) is 3.24. The number of nitrogens with two attached hydrogens (primary N) is 1. The molecule has 1 aliphatic rings. The Hall–Kier alpha value is -3.70. The second-order valence-corrected chi connectivity index (χ2v) is 9.18. The van der Waals surface area contributed by atoms with E-state index in [4.69, 9.17) is 14.6 Å². The molecule has 4 rings (SSSR count). The van der Waals surface area contributed by atoms with E-state index >= 15 is 0 Å². The number of carbonyl (C=O) groups excluding carboxylic acids is 1. The van der Waals surface area contributed by atoms with Gasteiger partial charge in [-0.05, 0) is 62.4 Å². The number of ether oxygens (including phenoxy) is 2. The lowest BCUT2D eigenvalue weighted by molar-refractivity contribution is -0.123. The number of primary sulfonamides is 1. The highest BCUT2D eigenvalue weighted by Gasteiger charge is 2.32. The van der Waals surface area contributed by atoms with Crippen molar-refractivity contribution in [1.82, 2.24) is 9.78 Å². The van der Waals surface area contributed by atoms with Crippen LogP contribution in [0.1, 0.15) is 13.8 Å². The molecule has 0 bridgehead atoms. The number of carbonyl (C=O) groups is 1. The van der Waals surface area contributed by atoms with E-state index in [0.717, 1.165) is 4.68 Å². The smallest absolute Gasteiger partial charge is 0.267 e. The number of hydrogen-bond donors (Lipinski definition) is 2. The van der Waals surface area contributed by atoms with E-state index in [-0.39, 0.29) is 11.7 Å². The van der Waals surface area contributed by atoms with Gasteiger partial charge in [-0.2, -0.15) is 5.10 Å². The average molecular weight is 456 g/mol. The predicted molar refractivity (Wildman–Crippen MR) is 116 cm³/mol. The summed E-state index contributed by atoms with van der Waals surface area (Å²) in [5.74, 6) is 0.676. The fourth-order valence-electron chi connectivity index (χ4n) is 3.13. The molecule has 1 aromatic heterocycles. The molecule has 3 aromatic rings. The summed E-state index contributed by atoms with van der Waals surface area (Å²) in [5, 5.41) is 12.2. The third-order valence-corrected chi connectivity index (χ3v) is 5.92. The molecule has 1 aliphatic heterocycles. The summed E-state index contributed by atoms with van der Waals surface area (Å²) < 4.78 is 34.6. The number of amides is 1. The Morgan fingerprint density at radius 1 is 1.06 bits per heavy atom. The van der Waals surface area contributed by atoms with Gasteiger partial charge in [-0.3, -0.25) is 9.59 Å². The first-order chi connectivity index (χ1) is 15.1. The molecule has 0 unspecified atom stereocenters. The summed E-state index contributed by atoms with van der Waals surface area (Å²) in [6.07, 6.45) is 0. The van der Waals surface area contributed by atoms with Crippen molar-refractivity contribution in [3.05, 3.63) is 65.0 Å². The Bertz CT molecular complexity index is 1360. The standard InChI is InChI=1S/C21H20N4O6S/c1-21(2,20(27)23-14-4-6-15(7-5-14)32(22,28)29)25-19(26)10-8-16(24-25)13-3-9-17-18(11-13)31-12-30-17/h3-11H,12H2,1-2H3,(H,23,27)(H2,22,28,29). The Balaban J connectivity index is 1.62. The topological polar surface area (TPSA) is 143 Å². The summed E-state index contributed by atoms with van der Waals surface area (Å²) >= 11 is 0. The van der Waals surface area contributed by atoms with Crippen LogP contribution in [0.3, 0.4) is 0 Å². The molecule has 2 aromatic carbocycles. The van der Waals surface area contributed by atoms with E-state index in [9.17, 15) is 18.0 Å². The average Bonchev–Trinajstić information content (AvgIpc) is 3.21. The zero-order valence-electron chi connectivity index (χ0n) is 17.2. The highest BCUT2D eigenvalue weighted by atomic mass is 32.2. The number of hydrogen-bond acceptors (Lipinski definition) is 7. The second kappa shape index (κ2) is 7.77. The van der Waals surface area contributed by atoms with Crippen molar-refractivity contribution in [3.63, 3.8) is 0 Å². The molecule has 0 saturated heterocycles.